The third-order valence-corrected chi connectivity index (χ3v) is 4.98. The van der Waals surface area contributed by atoms with Gasteiger partial charge in [-0.3, -0.25) is 14.3 Å². The van der Waals surface area contributed by atoms with Gasteiger partial charge in [-0.2, -0.15) is 0 Å². The van der Waals surface area contributed by atoms with Crippen LogP contribution in [-0.4, -0.2) is 19.1 Å². The molecule has 3 aromatic rings. The SMILES string of the molecule is C=C(C)Cn1c(SCc2ccc(Cl)cc2)nc2c1c(=O)[nH]c(=O)n2C. The lowest BCUT2D eigenvalue weighted by atomic mass is 10.2. The fourth-order valence-electron chi connectivity index (χ4n) is 2.47. The van der Waals surface area contributed by atoms with Gasteiger partial charge in [-0.05, 0) is 24.6 Å². The summed E-state index contributed by atoms with van der Waals surface area (Å²) >= 11 is 7.41. The summed E-state index contributed by atoms with van der Waals surface area (Å²) < 4.78 is 3.15. The van der Waals surface area contributed by atoms with Crippen molar-refractivity contribution >= 4 is 34.5 Å². The van der Waals surface area contributed by atoms with Crippen LogP contribution in [0.1, 0.15) is 12.5 Å². The number of thioether (sulfide) groups is 1. The molecule has 130 valence electrons. The van der Waals surface area contributed by atoms with Crippen LogP contribution in [0.4, 0.5) is 0 Å². The Hall–Kier alpha value is -2.25. The number of benzene rings is 1. The van der Waals surface area contributed by atoms with Crippen molar-refractivity contribution in [2.75, 3.05) is 0 Å². The summed E-state index contributed by atoms with van der Waals surface area (Å²) in [5.41, 5.74) is 1.81. The molecule has 0 aliphatic carbocycles. The zero-order valence-electron chi connectivity index (χ0n) is 13.9. The minimum absolute atomic E-state index is 0.369. The van der Waals surface area contributed by atoms with Crippen molar-refractivity contribution in [1.82, 2.24) is 19.1 Å². The van der Waals surface area contributed by atoms with Crippen LogP contribution < -0.4 is 11.2 Å². The summed E-state index contributed by atoms with van der Waals surface area (Å²) in [6.45, 7) is 6.27. The molecule has 0 fully saturated rings. The maximum Gasteiger partial charge on any atom is 0.329 e. The number of allylic oxidation sites excluding steroid dienone is 1. The van der Waals surface area contributed by atoms with Crippen LogP contribution in [0.25, 0.3) is 11.2 Å². The second-order valence-electron chi connectivity index (χ2n) is 5.84. The average Bonchev–Trinajstić information content (AvgIpc) is 2.91. The number of aryl methyl sites for hydroxylation is 1. The van der Waals surface area contributed by atoms with Gasteiger partial charge in [0.1, 0.15) is 0 Å². The summed E-state index contributed by atoms with van der Waals surface area (Å²) in [6, 6.07) is 7.57. The summed E-state index contributed by atoms with van der Waals surface area (Å²) in [6.07, 6.45) is 0. The van der Waals surface area contributed by atoms with E-state index in [2.05, 4.69) is 16.5 Å². The Kier molecular flexibility index (Phi) is 4.87. The second-order valence-corrected chi connectivity index (χ2v) is 7.22. The molecule has 1 N–H and O–H groups in total. The number of rotatable bonds is 5. The van der Waals surface area contributed by atoms with E-state index < -0.39 is 11.2 Å². The molecule has 6 nitrogen and oxygen atoms in total. The van der Waals surface area contributed by atoms with E-state index >= 15 is 0 Å². The van der Waals surface area contributed by atoms with E-state index in [1.54, 1.807) is 11.6 Å². The van der Waals surface area contributed by atoms with Gasteiger partial charge in [-0.25, -0.2) is 9.78 Å². The smallest absolute Gasteiger partial charge is 0.309 e. The van der Waals surface area contributed by atoms with E-state index in [1.165, 1.54) is 16.3 Å². The van der Waals surface area contributed by atoms with Crippen molar-refractivity contribution < 1.29 is 0 Å². The maximum atomic E-state index is 12.3. The highest BCUT2D eigenvalue weighted by Crippen LogP contribution is 2.26. The Morgan fingerprint density at radius 3 is 2.64 bits per heavy atom. The first-order valence-corrected chi connectivity index (χ1v) is 8.94. The Morgan fingerprint density at radius 2 is 2.00 bits per heavy atom. The number of aromatic nitrogens is 4. The maximum absolute atomic E-state index is 12.3. The lowest BCUT2D eigenvalue weighted by Gasteiger charge is -2.08. The van der Waals surface area contributed by atoms with Crippen molar-refractivity contribution in [1.29, 1.82) is 0 Å². The topological polar surface area (TPSA) is 72.7 Å². The number of nitrogens with one attached hydrogen (secondary N) is 1. The Bertz CT molecular complexity index is 1060. The summed E-state index contributed by atoms with van der Waals surface area (Å²) in [5, 5.41) is 1.35. The number of halogens is 1. The Morgan fingerprint density at radius 1 is 1.32 bits per heavy atom. The van der Waals surface area contributed by atoms with Crippen LogP contribution in [0.3, 0.4) is 0 Å². The monoisotopic (exact) mass is 376 g/mol. The summed E-state index contributed by atoms with van der Waals surface area (Å²) in [7, 11) is 1.59. The van der Waals surface area contributed by atoms with Crippen molar-refractivity contribution in [3.05, 3.63) is 67.8 Å². The third-order valence-electron chi connectivity index (χ3n) is 3.68. The lowest BCUT2D eigenvalue weighted by molar-refractivity contribution is 0.719. The van der Waals surface area contributed by atoms with E-state index in [9.17, 15) is 9.59 Å². The largest absolute Gasteiger partial charge is 0.329 e. The molecule has 1 aromatic carbocycles. The molecule has 0 saturated carbocycles. The highest BCUT2D eigenvalue weighted by atomic mass is 35.5. The number of aromatic amines is 1. The van der Waals surface area contributed by atoms with Gasteiger partial charge in [0.15, 0.2) is 16.3 Å². The van der Waals surface area contributed by atoms with Gasteiger partial charge in [0, 0.05) is 24.4 Å². The summed E-state index contributed by atoms with van der Waals surface area (Å²) in [5.74, 6) is 0.669. The zero-order valence-corrected chi connectivity index (χ0v) is 15.4. The molecule has 25 heavy (non-hydrogen) atoms. The van der Waals surface area contributed by atoms with Gasteiger partial charge in [-0.1, -0.05) is 47.6 Å². The van der Waals surface area contributed by atoms with Crippen LogP contribution >= 0.6 is 23.4 Å². The molecule has 0 spiro atoms. The van der Waals surface area contributed by atoms with Gasteiger partial charge in [0.25, 0.3) is 5.56 Å². The predicted octanol–water partition coefficient (Wildman–Crippen LogP) is 2.95. The number of fused-ring (bicyclic) bond motifs is 1. The van der Waals surface area contributed by atoms with E-state index in [1.807, 2.05) is 31.2 Å². The number of hydrogen-bond donors (Lipinski definition) is 1. The zero-order chi connectivity index (χ0) is 18.1. The highest BCUT2D eigenvalue weighted by molar-refractivity contribution is 7.98. The molecule has 8 heteroatoms. The van der Waals surface area contributed by atoms with E-state index in [4.69, 9.17) is 11.6 Å². The van der Waals surface area contributed by atoms with Crippen LogP contribution in [0, 0.1) is 0 Å². The third kappa shape index (κ3) is 3.57. The minimum Gasteiger partial charge on any atom is -0.309 e. The Balaban J connectivity index is 2.06. The van der Waals surface area contributed by atoms with E-state index in [-0.39, 0.29) is 0 Å². The first-order valence-electron chi connectivity index (χ1n) is 7.58. The van der Waals surface area contributed by atoms with Crippen molar-refractivity contribution in [2.24, 2.45) is 7.05 Å². The number of hydrogen-bond acceptors (Lipinski definition) is 4. The molecule has 3 rings (SSSR count). The fourth-order valence-corrected chi connectivity index (χ4v) is 3.55. The number of imidazole rings is 1. The van der Waals surface area contributed by atoms with Gasteiger partial charge in [0.2, 0.25) is 0 Å². The Labute approximate surface area is 153 Å². The highest BCUT2D eigenvalue weighted by Gasteiger charge is 2.17. The fraction of sp³-hybridized carbons (Fsp3) is 0.235. The molecular formula is C17H17ClN4O2S. The van der Waals surface area contributed by atoms with Crippen LogP contribution in [0.5, 0.6) is 0 Å². The second kappa shape index (κ2) is 6.93. The van der Waals surface area contributed by atoms with Gasteiger partial charge >= 0.3 is 5.69 Å². The first-order chi connectivity index (χ1) is 11.9. The number of nitrogens with zero attached hydrogens (tertiary/aromatic N) is 3. The molecule has 2 aromatic heterocycles. The molecule has 0 bridgehead atoms. The van der Waals surface area contributed by atoms with Crippen LogP contribution in [0.2, 0.25) is 5.02 Å². The average molecular weight is 377 g/mol. The minimum atomic E-state index is -0.480. The summed E-state index contributed by atoms with van der Waals surface area (Å²) in [4.78, 5) is 31.0. The van der Waals surface area contributed by atoms with Crippen LogP contribution in [-0.2, 0) is 19.3 Å². The molecule has 2 heterocycles. The number of H-pyrrole nitrogens is 1. The van der Waals surface area contributed by atoms with Gasteiger partial charge < -0.3 is 4.57 Å². The quantitative estimate of drug-likeness (QED) is 0.549. The molecule has 0 amide bonds. The normalized spacial score (nSPS) is 11.2. The van der Waals surface area contributed by atoms with E-state index in [0.717, 1.165) is 11.1 Å². The van der Waals surface area contributed by atoms with E-state index in [0.29, 0.717) is 33.6 Å². The predicted molar refractivity (Wildman–Crippen MR) is 101 cm³/mol. The van der Waals surface area contributed by atoms with Crippen molar-refractivity contribution in [3.63, 3.8) is 0 Å². The standard InChI is InChI=1S/C17H17ClN4O2S/c1-10(2)8-22-13-14(21(3)16(24)20-15(13)23)19-17(22)25-9-11-4-6-12(18)7-5-11/h4-7H,1,8-9H2,2-3H3,(H,20,23,24). The molecule has 0 aliphatic rings. The van der Waals surface area contributed by atoms with Gasteiger partial charge in [0.05, 0.1) is 0 Å². The molecule has 0 saturated heterocycles. The molecular weight excluding hydrogens is 360 g/mol. The van der Waals surface area contributed by atoms with Crippen molar-refractivity contribution in [3.8, 4) is 0 Å². The molecule has 0 aliphatic heterocycles. The molecule has 0 radical (unpaired) electrons. The first kappa shape index (κ1) is 17.6. The van der Waals surface area contributed by atoms with Crippen molar-refractivity contribution in [2.45, 2.75) is 24.4 Å². The molecule has 0 unspecified atom stereocenters. The van der Waals surface area contributed by atoms with Crippen LogP contribution in [0.15, 0.2) is 51.2 Å². The molecule has 0 atom stereocenters. The lowest BCUT2D eigenvalue weighted by Crippen LogP contribution is -2.29. The van der Waals surface area contributed by atoms with Gasteiger partial charge in [-0.15, -0.1) is 0 Å².